The third-order valence-corrected chi connectivity index (χ3v) is 3.06. The molecule has 3 nitrogen and oxygen atoms in total. The molecule has 0 aliphatic heterocycles. The minimum Gasteiger partial charge on any atom is -0.387 e. The topological polar surface area (TPSA) is 41.1 Å². The van der Waals surface area contributed by atoms with Gasteiger partial charge in [0, 0.05) is 23.3 Å². The lowest BCUT2D eigenvalue weighted by Crippen LogP contribution is -2.43. The lowest BCUT2D eigenvalue weighted by atomic mass is 9.98. The predicted octanol–water partition coefficient (Wildman–Crippen LogP) is 3.69. The first kappa shape index (κ1) is 14.8. The molecule has 1 aromatic carbocycles. The van der Waals surface area contributed by atoms with Crippen LogP contribution in [0.4, 0.5) is 5.69 Å². The van der Waals surface area contributed by atoms with Crippen molar-refractivity contribution in [1.29, 1.82) is 0 Å². The highest BCUT2D eigenvalue weighted by Gasteiger charge is 2.21. The Morgan fingerprint density at radius 1 is 1.39 bits per heavy atom. The van der Waals surface area contributed by atoms with Gasteiger partial charge in [-0.05, 0) is 38.5 Å². The maximum absolute atomic E-state index is 12.3. The van der Waals surface area contributed by atoms with Crippen LogP contribution >= 0.6 is 11.6 Å². The molecule has 0 fully saturated rings. The molecule has 0 unspecified atom stereocenters. The largest absolute Gasteiger partial charge is 0.387 e. The summed E-state index contributed by atoms with van der Waals surface area (Å²) in [6.45, 7) is 6.16. The molecular weight excluding hydrogens is 248 g/mol. The monoisotopic (exact) mass is 268 g/mol. The van der Waals surface area contributed by atoms with Crippen molar-refractivity contribution in [3.05, 3.63) is 28.8 Å². The van der Waals surface area contributed by atoms with Crippen molar-refractivity contribution in [1.82, 2.24) is 5.32 Å². The van der Waals surface area contributed by atoms with Gasteiger partial charge in [-0.25, -0.2) is 0 Å². The standard InChI is InChI=1S/C14H21ClN2O/c1-5-8-14(2,3)17-13(18)11-9-10(15)6-7-12(11)16-4/h6-7,9,16H,5,8H2,1-4H3,(H,17,18). The van der Waals surface area contributed by atoms with Crippen LogP contribution in [0.1, 0.15) is 44.0 Å². The SMILES string of the molecule is CCCC(C)(C)NC(=O)c1cc(Cl)ccc1NC. The Hall–Kier alpha value is -1.22. The van der Waals surface area contributed by atoms with Gasteiger partial charge in [0.1, 0.15) is 0 Å². The fourth-order valence-electron chi connectivity index (χ4n) is 1.98. The summed E-state index contributed by atoms with van der Waals surface area (Å²) in [5.74, 6) is -0.0969. The fraction of sp³-hybridized carbons (Fsp3) is 0.500. The summed E-state index contributed by atoms with van der Waals surface area (Å²) in [5, 5.41) is 6.60. The number of rotatable bonds is 5. The summed E-state index contributed by atoms with van der Waals surface area (Å²) in [6, 6.07) is 5.26. The highest BCUT2D eigenvalue weighted by atomic mass is 35.5. The molecule has 0 atom stereocenters. The van der Waals surface area contributed by atoms with Crippen molar-refractivity contribution in [3.8, 4) is 0 Å². The zero-order valence-electron chi connectivity index (χ0n) is 11.4. The molecular formula is C14H21ClN2O. The van der Waals surface area contributed by atoms with Gasteiger partial charge in [-0.2, -0.15) is 0 Å². The van der Waals surface area contributed by atoms with Crippen molar-refractivity contribution in [3.63, 3.8) is 0 Å². The number of nitrogens with one attached hydrogen (secondary N) is 2. The minimum atomic E-state index is -0.209. The number of amides is 1. The quantitative estimate of drug-likeness (QED) is 0.855. The van der Waals surface area contributed by atoms with E-state index in [9.17, 15) is 4.79 Å². The van der Waals surface area contributed by atoms with Gasteiger partial charge in [0.05, 0.1) is 5.56 Å². The van der Waals surface area contributed by atoms with E-state index < -0.39 is 0 Å². The zero-order valence-corrected chi connectivity index (χ0v) is 12.2. The second kappa shape index (κ2) is 6.10. The molecule has 1 aromatic rings. The molecule has 0 radical (unpaired) electrons. The van der Waals surface area contributed by atoms with Gasteiger partial charge in [-0.1, -0.05) is 24.9 Å². The van der Waals surface area contributed by atoms with Crippen LogP contribution in [0.25, 0.3) is 0 Å². The number of halogens is 1. The Balaban J connectivity index is 2.93. The van der Waals surface area contributed by atoms with Crippen molar-refractivity contribution in [2.45, 2.75) is 39.2 Å². The summed E-state index contributed by atoms with van der Waals surface area (Å²) in [4.78, 5) is 12.3. The van der Waals surface area contributed by atoms with Crippen molar-refractivity contribution in [2.24, 2.45) is 0 Å². The minimum absolute atomic E-state index is 0.0969. The van der Waals surface area contributed by atoms with Gasteiger partial charge >= 0.3 is 0 Å². The second-order valence-corrected chi connectivity index (χ2v) is 5.46. The molecule has 1 amide bonds. The third-order valence-electron chi connectivity index (χ3n) is 2.82. The van der Waals surface area contributed by atoms with Crippen LogP contribution in [0.15, 0.2) is 18.2 Å². The molecule has 2 N–H and O–H groups in total. The van der Waals surface area contributed by atoms with Gasteiger partial charge < -0.3 is 10.6 Å². The first-order valence-electron chi connectivity index (χ1n) is 6.19. The van der Waals surface area contributed by atoms with Gasteiger partial charge in [0.15, 0.2) is 0 Å². The molecule has 0 spiro atoms. The van der Waals surface area contributed by atoms with Crippen LogP contribution < -0.4 is 10.6 Å². The number of carbonyl (C=O) groups is 1. The molecule has 0 saturated heterocycles. The van der Waals surface area contributed by atoms with Gasteiger partial charge in [0.2, 0.25) is 0 Å². The molecule has 0 saturated carbocycles. The molecule has 4 heteroatoms. The predicted molar refractivity (Wildman–Crippen MR) is 77.5 cm³/mol. The van der Waals surface area contributed by atoms with E-state index in [1.807, 2.05) is 19.9 Å². The summed E-state index contributed by atoms with van der Waals surface area (Å²) in [5.41, 5.74) is 1.15. The molecule has 1 rings (SSSR count). The summed E-state index contributed by atoms with van der Waals surface area (Å²) < 4.78 is 0. The number of hydrogen-bond acceptors (Lipinski definition) is 2. The van der Waals surface area contributed by atoms with E-state index in [4.69, 9.17) is 11.6 Å². The van der Waals surface area contributed by atoms with E-state index in [0.29, 0.717) is 10.6 Å². The van der Waals surface area contributed by atoms with Crippen LogP contribution in [0.3, 0.4) is 0 Å². The fourth-order valence-corrected chi connectivity index (χ4v) is 2.16. The molecule has 0 aromatic heterocycles. The zero-order chi connectivity index (χ0) is 13.8. The van der Waals surface area contributed by atoms with Gasteiger partial charge in [-0.15, -0.1) is 0 Å². The smallest absolute Gasteiger partial charge is 0.253 e. The van der Waals surface area contributed by atoms with Crippen LogP contribution in [0, 0.1) is 0 Å². The molecule has 0 heterocycles. The lowest BCUT2D eigenvalue weighted by molar-refractivity contribution is 0.0910. The van der Waals surface area contributed by atoms with Gasteiger partial charge in [0.25, 0.3) is 5.91 Å². The second-order valence-electron chi connectivity index (χ2n) is 5.03. The van der Waals surface area contributed by atoms with Crippen LogP contribution in [0.5, 0.6) is 0 Å². The lowest BCUT2D eigenvalue weighted by Gasteiger charge is -2.26. The highest BCUT2D eigenvalue weighted by Crippen LogP contribution is 2.21. The first-order chi connectivity index (χ1) is 8.39. The van der Waals surface area contributed by atoms with Crippen molar-refractivity contribution in [2.75, 3.05) is 12.4 Å². The van der Waals surface area contributed by atoms with E-state index in [0.717, 1.165) is 18.5 Å². The average molecular weight is 269 g/mol. The average Bonchev–Trinajstić information content (AvgIpc) is 2.28. The summed E-state index contributed by atoms with van der Waals surface area (Å²) in [6.07, 6.45) is 1.97. The number of carbonyl (C=O) groups excluding carboxylic acids is 1. The molecule has 18 heavy (non-hydrogen) atoms. The van der Waals surface area contributed by atoms with E-state index in [-0.39, 0.29) is 11.4 Å². The Morgan fingerprint density at radius 3 is 2.61 bits per heavy atom. The number of hydrogen-bond donors (Lipinski definition) is 2. The molecule has 0 aliphatic carbocycles. The third kappa shape index (κ3) is 3.91. The first-order valence-corrected chi connectivity index (χ1v) is 6.57. The Labute approximate surface area is 114 Å². The molecule has 0 aliphatic rings. The Bertz CT molecular complexity index is 430. The van der Waals surface area contributed by atoms with Crippen molar-refractivity contribution >= 4 is 23.2 Å². The number of anilines is 1. The van der Waals surface area contributed by atoms with Crippen LogP contribution in [0.2, 0.25) is 5.02 Å². The van der Waals surface area contributed by atoms with E-state index in [1.54, 1.807) is 19.2 Å². The number of benzene rings is 1. The summed E-state index contributed by atoms with van der Waals surface area (Å²) in [7, 11) is 1.79. The normalized spacial score (nSPS) is 11.2. The van der Waals surface area contributed by atoms with Crippen LogP contribution in [-0.2, 0) is 0 Å². The maximum atomic E-state index is 12.3. The molecule has 100 valence electrons. The van der Waals surface area contributed by atoms with Gasteiger partial charge in [-0.3, -0.25) is 4.79 Å². The molecule has 0 bridgehead atoms. The van der Waals surface area contributed by atoms with Crippen molar-refractivity contribution < 1.29 is 4.79 Å². The van der Waals surface area contributed by atoms with E-state index >= 15 is 0 Å². The van der Waals surface area contributed by atoms with E-state index in [2.05, 4.69) is 17.6 Å². The highest BCUT2D eigenvalue weighted by molar-refractivity contribution is 6.31. The van der Waals surface area contributed by atoms with E-state index in [1.165, 1.54) is 0 Å². The maximum Gasteiger partial charge on any atom is 0.253 e. The Kier molecular flexibility index (Phi) is 5.03. The summed E-state index contributed by atoms with van der Waals surface area (Å²) >= 11 is 5.94. The van der Waals surface area contributed by atoms with Crippen LogP contribution in [-0.4, -0.2) is 18.5 Å². The Morgan fingerprint density at radius 2 is 2.06 bits per heavy atom.